The van der Waals surface area contributed by atoms with Crippen molar-refractivity contribution in [2.75, 3.05) is 4.90 Å². The normalized spacial score (nSPS) is 11.6. The highest BCUT2D eigenvalue weighted by Crippen LogP contribution is 2.45. The van der Waals surface area contributed by atoms with Gasteiger partial charge in [0.1, 0.15) is 0 Å². The van der Waals surface area contributed by atoms with Crippen molar-refractivity contribution < 1.29 is 0 Å². The lowest BCUT2D eigenvalue weighted by Gasteiger charge is -2.28. The Kier molecular flexibility index (Phi) is 10.2. The van der Waals surface area contributed by atoms with Crippen LogP contribution in [0.15, 0.2) is 285 Å². The molecule has 0 unspecified atom stereocenters. The molecule has 14 rings (SSSR count). The Balaban J connectivity index is 0.887. The molecule has 3 nitrogen and oxygen atoms in total. The monoisotopic (exact) mass is 929 g/mol. The Labute approximate surface area is 424 Å². The third-order valence-electron chi connectivity index (χ3n) is 14.7. The third-order valence-corrected chi connectivity index (χ3v) is 14.7. The SMILES string of the molecule is c1ccc(-c2ccc(-c3ccc(N(c4ccc(-c5ccc6c(c5)c5ccccc5n6-c5ccccc5)cc4)c4ccc(-c5ccc6c7ccccc7n(-c7ccccc7)c6c5)c5ccccc45)cc3)cc2)cc1. The van der Waals surface area contributed by atoms with Gasteiger partial charge in [-0.05, 0) is 135 Å². The van der Waals surface area contributed by atoms with E-state index in [1.807, 2.05) is 0 Å². The lowest BCUT2D eigenvalue weighted by atomic mass is 9.95. The number of hydrogen-bond acceptors (Lipinski definition) is 1. The van der Waals surface area contributed by atoms with Crippen LogP contribution in [0.3, 0.4) is 0 Å². The Morgan fingerprint density at radius 1 is 0.219 bits per heavy atom. The second-order valence-electron chi connectivity index (χ2n) is 18.9. The van der Waals surface area contributed by atoms with Gasteiger partial charge in [-0.15, -0.1) is 0 Å². The molecule has 342 valence electrons. The third kappa shape index (κ3) is 7.29. The summed E-state index contributed by atoms with van der Waals surface area (Å²) in [6.07, 6.45) is 0. The Morgan fingerprint density at radius 2 is 0.616 bits per heavy atom. The van der Waals surface area contributed by atoms with E-state index in [9.17, 15) is 0 Å². The van der Waals surface area contributed by atoms with Crippen LogP contribution in [0.1, 0.15) is 0 Å². The molecule has 0 atom stereocenters. The molecule has 0 saturated heterocycles. The van der Waals surface area contributed by atoms with Gasteiger partial charge in [-0.2, -0.15) is 0 Å². The summed E-state index contributed by atoms with van der Waals surface area (Å²) < 4.78 is 4.78. The number of benzene rings is 12. The number of fused-ring (bicyclic) bond motifs is 7. The zero-order valence-corrected chi connectivity index (χ0v) is 40.0. The van der Waals surface area contributed by atoms with E-state index in [0.717, 1.165) is 28.4 Å². The van der Waals surface area contributed by atoms with Gasteiger partial charge in [0.05, 0.1) is 27.8 Å². The second-order valence-corrected chi connectivity index (χ2v) is 18.9. The topological polar surface area (TPSA) is 13.1 Å². The minimum Gasteiger partial charge on any atom is -0.310 e. The van der Waals surface area contributed by atoms with E-state index in [0.29, 0.717) is 0 Å². The van der Waals surface area contributed by atoms with Crippen LogP contribution in [0.2, 0.25) is 0 Å². The summed E-state index contributed by atoms with van der Waals surface area (Å²) in [5, 5.41) is 7.35. The van der Waals surface area contributed by atoms with E-state index >= 15 is 0 Å². The number of aromatic nitrogens is 2. The molecule has 0 amide bonds. The largest absolute Gasteiger partial charge is 0.310 e. The summed E-state index contributed by atoms with van der Waals surface area (Å²) >= 11 is 0. The maximum atomic E-state index is 2.42. The second kappa shape index (κ2) is 17.6. The van der Waals surface area contributed by atoms with Gasteiger partial charge < -0.3 is 14.0 Å². The van der Waals surface area contributed by atoms with Crippen molar-refractivity contribution in [2.45, 2.75) is 0 Å². The van der Waals surface area contributed by atoms with E-state index in [1.54, 1.807) is 0 Å². The molecular weight excluding hydrogens is 883 g/mol. The van der Waals surface area contributed by atoms with Crippen LogP contribution in [0.25, 0.3) is 110 Å². The van der Waals surface area contributed by atoms with Crippen LogP contribution in [0.4, 0.5) is 17.1 Å². The molecule has 2 heterocycles. The molecular formula is C70H47N3. The van der Waals surface area contributed by atoms with Gasteiger partial charge >= 0.3 is 0 Å². The zero-order valence-electron chi connectivity index (χ0n) is 40.0. The number of para-hydroxylation sites is 4. The summed E-state index contributed by atoms with van der Waals surface area (Å²) in [5.41, 5.74) is 19.9. The molecule has 0 fully saturated rings. The molecule has 2 aromatic heterocycles. The van der Waals surface area contributed by atoms with E-state index in [-0.39, 0.29) is 0 Å². The van der Waals surface area contributed by atoms with Crippen molar-refractivity contribution in [3.05, 3.63) is 285 Å². The van der Waals surface area contributed by atoms with Crippen LogP contribution in [0.5, 0.6) is 0 Å². The first kappa shape index (κ1) is 42.2. The molecule has 0 radical (unpaired) electrons. The Morgan fingerprint density at radius 3 is 1.21 bits per heavy atom. The fourth-order valence-corrected chi connectivity index (χ4v) is 11.2. The van der Waals surface area contributed by atoms with Crippen molar-refractivity contribution in [1.29, 1.82) is 0 Å². The predicted octanol–water partition coefficient (Wildman–Crippen LogP) is 19.2. The van der Waals surface area contributed by atoms with E-state index < -0.39 is 0 Å². The highest BCUT2D eigenvalue weighted by atomic mass is 15.1. The van der Waals surface area contributed by atoms with E-state index in [2.05, 4.69) is 299 Å². The smallest absolute Gasteiger partial charge is 0.0547 e. The lowest BCUT2D eigenvalue weighted by molar-refractivity contribution is 1.18. The van der Waals surface area contributed by atoms with Crippen LogP contribution < -0.4 is 4.90 Å². The van der Waals surface area contributed by atoms with Crippen molar-refractivity contribution in [3.63, 3.8) is 0 Å². The first-order chi connectivity index (χ1) is 36.2. The number of nitrogens with zero attached hydrogens (tertiary/aromatic N) is 3. The maximum Gasteiger partial charge on any atom is 0.0547 e. The van der Waals surface area contributed by atoms with Crippen molar-refractivity contribution in [2.24, 2.45) is 0 Å². The number of hydrogen-bond donors (Lipinski definition) is 0. The van der Waals surface area contributed by atoms with Gasteiger partial charge in [-0.25, -0.2) is 0 Å². The zero-order chi connectivity index (χ0) is 48.2. The van der Waals surface area contributed by atoms with E-state index in [4.69, 9.17) is 0 Å². The highest BCUT2D eigenvalue weighted by Gasteiger charge is 2.20. The van der Waals surface area contributed by atoms with Gasteiger partial charge in [0.25, 0.3) is 0 Å². The molecule has 0 saturated carbocycles. The molecule has 0 spiro atoms. The molecule has 3 heteroatoms. The minimum atomic E-state index is 1.08. The summed E-state index contributed by atoms with van der Waals surface area (Å²) in [5.74, 6) is 0. The maximum absolute atomic E-state index is 2.42. The van der Waals surface area contributed by atoms with Gasteiger partial charge in [0, 0.05) is 49.7 Å². The Hall–Kier alpha value is -9.70. The molecule has 0 aliphatic rings. The summed E-state index contributed by atoms with van der Waals surface area (Å²) in [6, 6.07) is 104. The molecule has 0 bridgehead atoms. The van der Waals surface area contributed by atoms with Gasteiger partial charge in [0.2, 0.25) is 0 Å². The highest BCUT2D eigenvalue weighted by molar-refractivity contribution is 6.13. The van der Waals surface area contributed by atoms with Crippen molar-refractivity contribution in [3.8, 4) is 55.9 Å². The summed E-state index contributed by atoms with van der Waals surface area (Å²) in [7, 11) is 0. The standard InChI is InChI=1S/C70H47N3/c1-4-16-48(17-5-1)49-28-30-50(31-29-49)51-32-38-57(39-33-51)71(58-40-34-52(35-41-58)53-37-44-69-65(46-53)63-25-13-15-27-67(63)72(69)55-18-6-2-7-19-55)68-45-43-59(60-22-10-11-23-61(60)68)54-36-42-64-62-24-12-14-26-66(62)73(70(64)47-54)56-20-8-3-9-21-56/h1-47H. The molecule has 0 aliphatic carbocycles. The van der Waals surface area contributed by atoms with Gasteiger partial charge in [-0.3, -0.25) is 0 Å². The summed E-state index contributed by atoms with van der Waals surface area (Å²) in [4.78, 5) is 2.42. The summed E-state index contributed by atoms with van der Waals surface area (Å²) in [6.45, 7) is 0. The molecule has 12 aromatic carbocycles. The molecule has 0 N–H and O–H groups in total. The molecule has 14 aromatic rings. The van der Waals surface area contributed by atoms with Crippen LogP contribution in [-0.2, 0) is 0 Å². The average molecular weight is 930 g/mol. The predicted molar refractivity (Wildman–Crippen MR) is 309 cm³/mol. The van der Waals surface area contributed by atoms with Crippen LogP contribution >= 0.6 is 0 Å². The van der Waals surface area contributed by atoms with Crippen molar-refractivity contribution in [1.82, 2.24) is 9.13 Å². The van der Waals surface area contributed by atoms with Crippen LogP contribution in [0, 0.1) is 0 Å². The quantitative estimate of drug-likeness (QED) is 0.141. The van der Waals surface area contributed by atoms with E-state index in [1.165, 1.54) is 98.9 Å². The minimum absolute atomic E-state index is 1.08. The first-order valence-corrected chi connectivity index (χ1v) is 25.1. The first-order valence-electron chi connectivity index (χ1n) is 25.1. The molecule has 73 heavy (non-hydrogen) atoms. The number of rotatable bonds is 9. The van der Waals surface area contributed by atoms with Crippen molar-refractivity contribution >= 4 is 71.4 Å². The fourth-order valence-electron chi connectivity index (χ4n) is 11.2. The Bertz CT molecular complexity index is 4320. The van der Waals surface area contributed by atoms with Crippen LogP contribution in [-0.4, -0.2) is 9.13 Å². The van der Waals surface area contributed by atoms with Gasteiger partial charge in [0.15, 0.2) is 0 Å². The fraction of sp³-hybridized carbons (Fsp3) is 0. The molecule has 0 aliphatic heterocycles. The lowest BCUT2D eigenvalue weighted by Crippen LogP contribution is -2.10. The number of anilines is 3. The van der Waals surface area contributed by atoms with Gasteiger partial charge in [-0.1, -0.05) is 200 Å². The average Bonchev–Trinajstić information content (AvgIpc) is 3.98.